The number of likely N-dealkylation sites (tertiary alicyclic amines) is 1. The molecule has 4 rings (SSSR count). The molecule has 28 heavy (non-hydrogen) atoms. The standard InChI is InChI=1S/C18H20F4N4O2/c1-2-26-16(27)25-11-17(28-9-15(25)23-26)3-4-24(10-17)8-12-5-13(18(20,21)22)7-14(19)6-12/h5-7H,2-4,8-11H2,1H3. The van der Waals surface area contributed by atoms with Crippen LogP contribution in [0.4, 0.5) is 17.6 Å². The third-order valence-corrected chi connectivity index (χ3v) is 5.34. The highest BCUT2D eigenvalue weighted by Crippen LogP contribution is 2.34. The maximum absolute atomic E-state index is 13.6. The highest BCUT2D eigenvalue weighted by atomic mass is 19.4. The number of rotatable bonds is 3. The lowest BCUT2D eigenvalue weighted by Crippen LogP contribution is -2.46. The summed E-state index contributed by atoms with van der Waals surface area (Å²) in [6.45, 7) is 4.10. The van der Waals surface area contributed by atoms with E-state index in [1.54, 1.807) is 4.57 Å². The van der Waals surface area contributed by atoms with E-state index >= 15 is 0 Å². The first kappa shape index (κ1) is 19.1. The second kappa shape index (κ2) is 6.70. The monoisotopic (exact) mass is 400 g/mol. The first-order chi connectivity index (χ1) is 13.2. The van der Waals surface area contributed by atoms with E-state index in [2.05, 4.69) is 5.10 Å². The maximum atomic E-state index is 13.6. The molecule has 10 heteroatoms. The van der Waals surface area contributed by atoms with Crippen LogP contribution in [0.15, 0.2) is 23.0 Å². The second-order valence-electron chi connectivity index (χ2n) is 7.38. The zero-order valence-corrected chi connectivity index (χ0v) is 15.3. The van der Waals surface area contributed by atoms with E-state index in [9.17, 15) is 22.4 Å². The number of hydrogen-bond acceptors (Lipinski definition) is 4. The second-order valence-corrected chi connectivity index (χ2v) is 7.38. The summed E-state index contributed by atoms with van der Waals surface area (Å²) in [5, 5.41) is 4.23. The minimum atomic E-state index is -4.59. The molecule has 0 bridgehead atoms. The Labute approximate surface area is 158 Å². The average molecular weight is 400 g/mol. The smallest absolute Gasteiger partial charge is 0.364 e. The molecule has 0 radical (unpaired) electrons. The van der Waals surface area contributed by atoms with Crippen LogP contribution in [-0.4, -0.2) is 37.9 Å². The zero-order chi connectivity index (χ0) is 20.1. The lowest BCUT2D eigenvalue weighted by molar-refractivity contribution is -0.137. The summed E-state index contributed by atoms with van der Waals surface area (Å²) in [7, 11) is 0. The molecule has 0 N–H and O–H groups in total. The third kappa shape index (κ3) is 3.46. The third-order valence-electron chi connectivity index (χ3n) is 5.34. The minimum absolute atomic E-state index is 0.182. The molecule has 2 aliphatic heterocycles. The van der Waals surface area contributed by atoms with Crippen LogP contribution in [0, 0.1) is 5.82 Å². The molecule has 0 saturated carbocycles. The van der Waals surface area contributed by atoms with Crippen molar-refractivity contribution < 1.29 is 22.3 Å². The predicted octanol–water partition coefficient (Wildman–Crippen LogP) is 2.40. The summed E-state index contributed by atoms with van der Waals surface area (Å²) in [5.41, 5.74) is -1.50. The van der Waals surface area contributed by atoms with Crippen LogP contribution in [0.1, 0.15) is 30.3 Å². The van der Waals surface area contributed by atoms with Crippen LogP contribution in [-0.2, 0) is 37.2 Å². The van der Waals surface area contributed by atoms with Gasteiger partial charge in [-0.1, -0.05) is 0 Å². The molecule has 1 aromatic carbocycles. The lowest BCUT2D eigenvalue weighted by atomic mass is 10.0. The highest BCUT2D eigenvalue weighted by molar-refractivity contribution is 5.27. The summed E-state index contributed by atoms with van der Waals surface area (Å²) in [6, 6.07) is 2.60. The van der Waals surface area contributed by atoms with Crippen LogP contribution in [0.5, 0.6) is 0 Å². The number of fused-ring (bicyclic) bond motifs is 1. The number of nitrogens with zero attached hydrogens (tertiary/aromatic N) is 4. The van der Waals surface area contributed by atoms with Crippen LogP contribution in [0.3, 0.4) is 0 Å². The van der Waals surface area contributed by atoms with E-state index < -0.39 is 23.2 Å². The molecule has 6 nitrogen and oxygen atoms in total. The molecule has 1 spiro atoms. The molecule has 1 saturated heterocycles. The number of alkyl halides is 3. The molecule has 2 aliphatic rings. The van der Waals surface area contributed by atoms with E-state index in [1.165, 1.54) is 4.68 Å². The Hall–Kier alpha value is -2.20. The Morgan fingerprint density at radius 2 is 2.04 bits per heavy atom. The number of ether oxygens (including phenoxy) is 1. The number of aromatic nitrogens is 3. The van der Waals surface area contributed by atoms with Gasteiger partial charge in [0, 0.05) is 26.2 Å². The van der Waals surface area contributed by atoms with Crippen molar-refractivity contribution in [3.8, 4) is 0 Å². The SMILES string of the molecule is CCn1nc2n(c1=O)CC1(CCN(Cc3cc(F)cc(C(F)(F)F)c3)C1)OC2. The van der Waals surface area contributed by atoms with Gasteiger partial charge in [-0.2, -0.15) is 18.3 Å². The van der Waals surface area contributed by atoms with Gasteiger partial charge in [0.25, 0.3) is 0 Å². The summed E-state index contributed by atoms with van der Waals surface area (Å²) in [4.78, 5) is 14.3. The van der Waals surface area contributed by atoms with Gasteiger partial charge in [0.2, 0.25) is 0 Å². The van der Waals surface area contributed by atoms with Crippen molar-refractivity contribution in [1.29, 1.82) is 0 Å². The van der Waals surface area contributed by atoms with Crippen molar-refractivity contribution in [1.82, 2.24) is 19.2 Å². The Balaban J connectivity index is 1.50. The molecule has 152 valence electrons. The van der Waals surface area contributed by atoms with Gasteiger partial charge in [-0.3, -0.25) is 9.47 Å². The Morgan fingerprint density at radius 3 is 2.75 bits per heavy atom. The van der Waals surface area contributed by atoms with Crippen LogP contribution in [0.2, 0.25) is 0 Å². The van der Waals surface area contributed by atoms with Gasteiger partial charge in [0.05, 0.1) is 12.1 Å². The first-order valence-corrected chi connectivity index (χ1v) is 9.09. The largest absolute Gasteiger partial charge is 0.416 e. The van der Waals surface area contributed by atoms with Crippen molar-refractivity contribution in [3.63, 3.8) is 0 Å². The number of hydrogen-bond donors (Lipinski definition) is 0. The Morgan fingerprint density at radius 1 is 1.25 bits per heavy atom. The van der Waals surface area contributed by atoms with E-state index in [1.807, 2.05) is 11.8 Å². The Bertz CT molecular complexity index is 952. The minimum Gasteiger partial charge on any atom is -0.364 e. The number of benzene rings is 1. The molecule has 0 amide bonds. The first-order valence-electron chi connectivity index (χ1n) is 9.09. The molecule has 1 fully saturated rings. The number of aryl methyl sites for hydroxylation is 1. The van der Waals surface area contributed by atoms with Crippen LogP contribution >= 0.6 is 0 Å². The predicted molar refractivity (Wildman–Crippen MR) is 91.0 cm³/mol. The van der Waals surface area contributed by atoms with Gasteiger partial charge < -0.3 is 4.74 Å². The van der Waals surface area contributed by atoms with Gasteiger partial charge in [-0.15, -0.1) is 0 Å². The molecule has 0 aliphatic carbocycles. The van der Waals surface area contributed by atoms with Crippen molar-refractivity contribution in [3.05, 3.63) is 51.5 Å². The normalized spacial score (nSPS) is 22.8. The molecule has 1 unspecified atom stereocenters. The fraction of sp³-hybridized carbons (Fsp3) is 0.556. The van der Waals surface area contributed by atoms with Gasteiger partial charge in [0.15, 0.2) is 5.82 Å². The van der Waals surface area contributed by atoms with Crippen LogP contribution in [0.25, 0.3) is 0 Å². The maximum Gasteiger partial charge on any atom is 0.416 e. The van der Waals surface area contributed by atoms with E-state index in [0.29, 0.717) is 44.5 Å². The molecule has 1 aromatic heterocycles. The van der Waals surface area contributed by atoms with E-state index in [4.69, 9.17) is 4.74 Å². The van der Waals surface area contributed by atoms with E-state index in [0.717, 1.165) is 12.1 Å². The van der Waals surface area contributed by atoms with Gasteiger partial charge in [-0.05, 0) is 37.1 Å². The molecule has 3 heterocycles. The molecular weight excluding hydrogens is 380 g/mol. The van der Waals surface area contributed by atoms with Gasteiger partial charge >= 0.3 is 11.9 Å². The van der Waals surface area contributed by atoms with Crippen molar-refractivity contribution in [2.45, 2.75) is 51.4 Å². The van der Waals surface area contributed by atoms with Crippen molar-refractivity contribution >= 4 is 0 Å². The van der Waals surface area contributed by atoms with Gasteiger partial charge in [-0.25, -0.2) is 13.9 Å². The lowest BCUT2D eigenvalue weighted by Gasteiger charge is -2.33. The van der Waals surface area contributed by atoms with Crippen LogP contribution < -0.4 is 5.69 Å². The number of halogens is 4. The van der Waals surface area contributed by atoms with Crippen molar-refractivity contribution in [2.24, 2.45) is 0 Å². The highest BCUT2D eigenvalue weighted by Gasteiger charge is 2.43. The topological polar surface area (TPSA) is 52.3 Å². The quantitative estimate of drug-likeness (QED) is 0.743. The average Bonchev–Trinajstić information content (AvgIpc) is 3.15. The summed E-state index contributed by atoms with van der Waals surface area (Å²) < 4.78 is 61.4. The van der Waals surface area contributed by atoms with Crippen molar-refractivity contribution in [2.75, 3.05) is 13.1 Å². The van der Waals surface area contributed by atoms with Gasteiger partial charge in [0.1, 0.15) is 18.0 Å². The molecule has 1 atom stereocenters. The fourth-order valence-corrected chi connectivity index (χ4v) is 3.98. The summed E-state index contributed by atoms with van der Waals surface area (Å²) >= 11 is 0. The molecular formula is C18H20F4N4O2. The summed E-state index contributed by atoms with van der Waals surface area (Å²) in [6.07, 6.45) is -3.95. The molecule has 2 aromatic rings. The van der Waals surface area contributed by atoms with E-state index in [-0.39, 0.29) is 24.4 Å². The Kier molecular flexibility index (Phi) is 4.58. The summed E-state index contributed by atoms with van der Waals surface area (Å²) in [5.74, 6) is -0.327. The zero-order valence-electron chi connectivity index (χ0n) is 15.3. The fourth-order valence-electron chi connectivity index (χ4n) is 3.98.